The molecule has 0 radical (unpaired) electrons. The number of benzene rings is 2. The quantitative estimate of drug-likeness (QED) is 0.926. The maximum Gasteiger partial charge on any atom is 0.335 e. The highest BCUT2D eigenvalue weighted by molar-refractivity contribution is 9.10. The summed E-state index contributed by atoms with van der Waals surface area (Å²) in [6, 6.07) is 11.7. The standard InChI is InChI=1S/C14H11BrO4/c1-18-10-3-5-11(6-4-10)19-13-7-2-9(14(16)17)8-12(13)15/h2-8H,1H3,(H,16,17). The predicted octanol–water partition coefficient (Wildman–Crippen LogP) is 3.95. The molecule has 0 aliphatic rings. The van der Waals surface area contributed by atoms with Gasteiger partial charge in [-0.2, -0.15) is 0 Å². The summed E-state index contributed by atoms with van der Waals surface area (Å²) < 4.78 is 11.3. The van der Waals surface area contributed by atoms with Gasteiger partial charge in [0.1, 0.15) is 17.2 Å². The van der Waals surface area contributed by atoms with Gasteiger partial charge in [-0.05, 0) is 58.4 Å². The van der Waals surface area contributed by atoms with E-state index in [4.69, 9.17) is 14.6 Å². The molecule has 0 bridgehead atoms. The fraction of sp³-hybridized carbons (Fsp3) is 0.0714. The van der Waals surface area contributed by atoms with Crippen molar-refractivity contribution in [3.63, 3.8) is 0 Å². The van der Waals surface area contributed by atoms with Gasteiger partial charge in [-0.25, -0.2) is 4.79 Å². The van der Waals surface area contributed by atoms with Crippen LogP contribution in [-0.2, 0) is 0 Å². The fourth-order valence-electron chi connectivity index (χ4n) is 1.49. The van der Waals surface area contributed by atoms with E-state index in [-0.39, 0.29) is 5.56 Å². The molecule has 98 valence electrons. The molecule has 2 aromatic carbocycles. The van der Waals surface area contributed by atoms with E-state index in [2.05, 4.69) is 15.9 Å². The van der Waals surface area contributed by atoms with Crippen LogP contribution < -0.4 is 9.47 Å². The average Bonchev–Trinajstić information content (AvgIpc) is 2.41. The molecule has 0 saturated heterocycles. The lowest BCUT2D eigenvalue weighted by Crippen LogP contribution is -1.96. The highest BCUT2D eigenvalue weighted by Crippen LogP contribution is 2.31. The summed E-state index contributed by atoms with van der Waals surface area (Å²) in [7, 11) is 1.59. The van der Waals surface area contributed by atoms with Gasteiger partial charge in [0.05, 0.1) is 17.1 Å². The van der Waals surface area contributed by atoms with Crippen molar-refractivity contribution in [2.24, 2.45) is 0 Å². The van der Waals surface area contributed by atoms with E-state index < -0.39 is 5.97 Å². The van der Waals surface area contributed by atoms with Crippen LogP contribution in [0.3, 0.4) is 0 Å². The van der Waals surface area contributed by atoms with Gasteiger partial charge in [0.15, 0.2) is 0 Å². The molecule has 19 heavy (non-hydrogen) atoms. The van der Waals surface area contributed by atoms with Gasteiger partial charge in [0.25, 0.3) is 0 Å². The number of halogens is 1. The van der Waals surface area contributed by atoms with Crippen molar-refractivity contribution in [1.29, 1.82) is 0 Å². The molecule has 4 nitrogen and oxygen atoms in total. The number of carboxylic acids is 1. The van der Waals surface area contributed by atoms with Gasteiger partial charge < -0.3 is 14.6 Å². The average molecular weight is 323 g/mol. The number of ether oxygens (including phenoxy) is 2. The number of carboxylic acid groups (broad SMARTS) is 1. The highest BCUT2D eigenvalue weighted by atomic mass is 79.9. The lowest BCUT2D eigenvalue weighted by molar-refractivity contribution is 0.0697. The van der Waals surface area contributed by atoms with Crippen LogP contribution in [0, 0.1) is 0 Å². The predicted molar refractivity (Wildman–Crippen MR) is 74.2 cm³/mol. The maximum atomic E-state index is 10.8. The van der Waals surface area contributed by atoms with E-state index in [0.717, 1.165) is 5.75 Å². The second-order valence-corrected chi connectivity index (χ2v) is 4.58. The molecule has 0 atom stereocenters. The second-order valence-electron chi connectivity index (χ2n) is 3.73. The highest BCUT2D eigenvalue weighted by Gasteiger charge is 2.08. The Morgan fingerprint density at radius 2 is 1.74 bits per heavy atom. The minimum absolute atomic E-state index is 0.203. The summed E-state index contributed by atoms with van der Waals surface area (Å²) in [5, 5.41) is 8.87. The van der Waals surface area contributed by atoms with Crippen molar-refractivity contribution in [3.05, 3.63) is 52.5 Å². The Morgan fingerprint density at radius 3 is 2.26 bits per heavy atom. The van der Waals surface area contributed by atoms with E-state index >= 15 is 0 Å². The van der Waals surface area contributed by atoms with E-state index in [1.54, 1.807) is 37.4 Å². The SMILES string of the molecule is COc1ccc(Oc2ccc(C(=O)O)cc2Br)cc1. The zero-order valence-corrected chi connectivity index (χ0v) is 11.7. The van der Waals surface area contributed by atoms with E-state index in [1.807, 2.05) is 0 Å². The van der Waals surface area contributed by atoms with Gasteiger partial charge >= 0.3 is 5.97 Å². The first-order chi connectivity index (χ1) is 9.10. The van der Waals surface area contributed by atoms with Crippen molar-refractivity contribution < 1.29 is 19.4 Å². The molecule has 0 spiro atoms. The van der Waals surface area contributed by atoms with Gasteiger partial charge in [-0.1, -0.05) is 0 Å². The molecule has 0 aliphatic heterocycles. The summed E-state index contributed by atoms with van der Waals surface area (Å²) in [6.07, 6.45) is 0. The second kappa shape index (κ2) is 5.75. The molecule has 0 aromatic heterocycles. The lowest BCUT2D eigenvalue weighted by atomic mass is 10.2. The molecule has 0 heterocycles. The van der Waals surface area contributed by atoms with Gasteiger partial charge in [0, 0.05) is 0 Å². The molecule has 0 aliphatic carbocycles. The normalized spacial score (nSPS) is 10.0. The summed E-state index contributed by atoms with van der Waals surface area (Å²) in [5.41, 5.74) is 0.203. The summed E-state index contributed by atoms with van der Waals surface area (Å²) >= 11 is 3.29. The smallest absolute Gasteiger partial charge is 0.335 e. The minimum atomic E-state index is -0.975. The number of rotatable bonds is 4. The molecule has 0 amide bonds. The van der Waals surface area contributed by atoms with Crippen molar-refractivity contribution in [1.82, 2.24) is 0 Å². The number of hydrogen-bond donors (Lipinski definition) is 1. The first-order valence-electron chi connectivity index (χ1n) is 5.45. The van der Waals surface area contributed by atoms with Gasteiger partial charge in [-0.15, -0.1) is 0 Å². The Labute approximate surface area is 118 Å². The van der Waals surface area contributed by atoms with Crippen LogP contribution in [0.2, 0.25) is 0 Å². The lowest BCUT2D eigenvalue weighted by Gasteiger charge is -2.09. The topological polar surface area (TPSA) is 55.8 Å². The largest absolute Gasteiger partial charge is 0.497 e. The summed E-state index contributed by atoms with van der Waals surface area (Å²) in [4.78, 5) is 10.8. The fourth-order valence-corrected chi connectivity index (χ4v) is 1.95. The van der Waals surface area contributed by atoms with Crippen LogP contribution in [-0.4, -0.2) is 18.2 Å². The van der Waals surface area contributed by atoms with Gasteiger partial charge in [-0.3, -0.25) is 0 Å². The summed E-state index contributed by atoms with van der Waals surface area (Å²) in [6.45, 7) is 0. The van der Waals surface area contributed by atoms with Crippen LogP contribution >= 0.6 is 15.9 Å². The monoisotopic (exact) mass is 322 g/mol. The third kappa shape index (κ3) is 3.26. The molecule has 0 fully saturated rings. The van der Waals surface area contributed by atoms with Gasteiger partial charge in [0.2, 0.25) is 0 Å². The Kier molecular flexibility index (Phi) is 4.06. The Morgan fingerprint density at radius 1 is 1.11 bits per heavy atom. The molecular formula is C14H11BrO4. The van der Waals surface area contributed by atoms with E-state index in [9.17, 15) is 4.79 Å². The van der Waals surface area contributed by atoms with Crippen molar-refractivity contribution in [3.8, 4) is 17.2 Å². The van der Waals surface area contributed by atoms with E-state index in [1.165, 1.54) is 12.1 Å². The van der Waals surface area contributed by atoms with Crippen molar-refractivity contribution >= 4 is 21.9 Å². The molecule has 0 unspecified atom stereocenters. The van der Waals surface area contributed by atoms with Crippen LogP contribution in [0.1, 0.15) is 10.4 Å². The number of carbonyl (C=O) groups is 1. The Bertz CT molecular complexity index is 593. The molecule has 2 aromatic rings. The van der Waals surface area contributed by atoms with Crippen LogP contribution in [0.5, 0.6) is 17.2 Å². The number of hydrogen-bond acceptors (Lipinski definition) is 3. The zero-order chi connectivity index (χ0) is 13.8. The first-order valence-corrected chi connectivity index (χ1v) is 6.24. The zero-order valence-electron chi connectivity index (χ0n) is 10.1. The van der Waals surface area contributed by atoms with Crippen molar-refractivity contribution in [2.75, 3.05) is 7.11 Å². The molecule has 2 rings (SSSR count). The molecule has 1 N–H and O–H groups in total. The molecule has 5 heteroatoms. The number of aromatic carboxylic acids is 1. The third-order valence-corrected chi connectivity index (χ3v) is 3.09. The van der Waals surface area contributed by atoms with Crippen LogP contribution in [0.25, 0.3) is 0 Å². The third-order valence-electron chi connectivity index (χ3n) is 2.47. The Balaban J connectivity index is 2.20. The van der Waals surface area contributed by atoms with Crippen LogP contribution in [0.4, 0.5) is 0 Å². The molecule has 0 saturated carbocycles. The number of methoxy groups -OCH3 is 1. The first kappa shape index (κ1) is 13.4. The summed E-state index contributed by atoms with van der Waals surface area (Å²) in [5.74, 6) is 0.962. The maximum absolute atomic E-state index is 10.8. The van der Waals surface area contributed by atoms with E-state index in [0.29, 0.717) is 16.0 Å². The molecular weight excluding hydrogens is 312 g/mol. The van der Waals surface area contributed by atoms with Crippen molar-refractivity contribution in [2.45, 2.75) is 0 Å². The van der Waals surface area contributed by atoms with Crippen LogP contribution in [0.15, 0.2) is 46.9 Å². The Hall–Kier alpha value is -2.01. The minimum Gasteiger partial charge on any atom is -0.497 e.